The number of hydrogen-bond donors (Lipinski definition) is 6. The van der Waals surface area contributed by atoms with Gasteiger partial charge in [0.1, 0.15) is 103 Å². The fraction of sp³-hybridized carbons (Fsp3) is 0.152. The van der Waals surface area contributed by atoms with Crippen LogP contribution < -0.4 is 4.74 Å². The molecule has 6 N–H and O–H groups in total. The molecule has 12 heterocycles. The average molecular weight is 1940 g/mol. The minimum atomic E-state index is -4.57. The number of aromatic nitrogens is 12. The van der Waals surface area contributed by atoms with E-state index in [-0.39, 0.29) is 82.6 Å². The molecule has 0 spiro atoms. The second-order valence-electron chi connectivity index (χ2n) is 30.4. The van der Waals surface area contributed by atoms with Gasteiger partial charge in [0.15, 0.2) is 0 Å². The lowest BCUT2D eigenvalue weighted by atomic mass is 10.0. The number of carbonyl (C=O) groups is 6. The number of nitrogens with zero attached hydrogens (tertiary/aromatic N) is 12. The summed E-state index contributed by atoms with van der Waals surface area (Å²) in [6.45, 7) is 1.81. The molecule has 0 aliphatic heterocycles. The Morgan fingerprint density at radius 1 is 0.301 bits per heavy atom. The van der Waals surface area contributed by atoms with E-state index in [0.29, 0.717) is 150 Å². The van der Waals surface area contributed by atoms with Crippen molar-refractivity contribution in [3.05, 3.63) is 418 Å². The highest BCUT2D eigenvalue weighted by atomic mass is 35.5. The summed E-state index contributed by atoms with van der Waals surface area (Å²) in [6, 6.07) is 47.1. The van der Waals surface area contributed by atoms with Gasteiger partial charge in [-0.05, 0) is 243 Å². The third-order valence-electron chi connectivity index (χ3n) is 22.1. The molecule has 0 amide bonds. The highest BCUT2D eigenvalue weighted by Gasteiger charge is 2.32. The number of carboxylic acids is 6. The fourth-order valence-electron chi connectivity index (χ4n) is 15.6. The van der Waals surface area contributed by atoms with Crippen LogP contribution in [-0.4, -0.2) is 130 Å². The van der Waals surface area contributed by atoms with Crippen LogP contribution in [0.4, 0.5) is 35.1 Å². The Hall–Kier alpha value is -15.3. The zero-order valence-corrected chi connectivity index (χ0v) is 74.7. The third kappa shape index (κ3) is 22.9. The summed E-state index contributed by atoms with van der Waals surface area (Å²) in [4.78, 5) is 93.7. The number of halogens is 12. The topological polar surface area (TPSA) is 337 Å². The number of aryl methyl sites for hydroxylation is 9. The van der Waals surface area contributed by atoms with Crippen molar-refractivity contribution in [1.82, 2.24) is 56.3 Å². The van der Waals surface area contributed by atoms with Gasteiger partial charge in [0.05, 0.1) is 12.7 Å². The van der Waals surface area contributed by atoms with E-state index < -0.39 is 65.0 Å². The van der Waals surface area contributed by atoms with Gasteiger partial charge in [-0.2, -0.15) is 13.2 Å². The van der Waals surface area contributed by atoms with E-state index in [1.807, 2.05) is 43.3 Å². The molecule has 0 atom stereocenters. The highest BCUT2D eigenvalue weighted by molar-refractivity contribution is 6.36. The number of rotatable bonds is 25. The quantitative estimate of drug-likeness (QED) is 0.0290. The van der Waals surface area contributed by atoms with Crippen LogP contribution >= 0.6 is 46.4 Å². The minimum Gasteiger partial charge on any atom is -0.496 e. The normalized spacial score (nSPS) is 11.1. The van der Waals surface area contributed by atoms with Crippen LogP contribution in [0, 0.1) is 36.0 Å². The second-order valence-corrected chi connectivity index (χ2v) is 32.0. The molecule has 0 aliphatic carbocycles. The maximum atomic E-state index is 14.0. The lowest BCUT2D eigenvalue weighted by Crippen LogP contribution is -2.11. The maximum absolute atomic E-state index is 14.0. The number of hydrogen-bond acceptors (Lipinski definition) is 13. The third-order valence-corrected chi connectivity index (χ3v) is 23.7. The number of imidazole rings is 6. The van der Waals surface area contributed by atoms with Gasteiger partial charge >= 0.3 is 42.0 Å². The maximum Gasteiger partial charge on any atom is 0.416 e. The summed E-state index contributed by atoms with van der Waals surface area (Å²) < 4.78 is 122. The monoisotopic (exact) mass is 1930 g/mol. The van der Waals surface area contributed by atoms with Crippen molar-refractivity contribution < 1.29 is 99.3 Å². The molecular formula is C99H78Cl4F8N12O13. The smallest absolute Gasteiger partial charge is 0.416 e. The molecule has 0 aliphatic rings. The number of carboxylic acid groups (broad SMARTS) is 6. The highest BCUT2D eigenvalue weighted by Crippen LogP contribution is 2.34. The molecule has 18 rings (SSSR count). The number of pyridine rings is 6. The number of fused-ring (bicyclic) bond motifs is 6. The van der Waals surface area contributed by atoms with Gasteiger partial charge in [0, 0.05) is 111 Å². The number of para-hydroxylation sites is 1. The first-order valence-electron chi connectivity index (χ1n) is 41.5. The molecule has 0 saturated carbocycles. The lowest BCUT2D eigenvalue weighted by Gasteiger charge is -2.11. The number of aromatic carboxylic acids is 6. The van der Waals surface area contributed by atoms with Gasteiger partial charge in [0.25, 0.3) is 0 Å². The average Bonchev–Trinajstić information content (AvgIpc) is 1.66. The van der Waals surface area contributed by atoms with Crippen molar-refractivity contribution in [1.29, 1.82) is 0 Å². The van der Waals surface area contributed by atoms with Crippen LogP contribution in [0.3, 0.4) is 0 Å². The van der Waals surface area contributed by atoms with Crippen LogP contribution in [0.2, 0.25) is 20.1 Å². The standard InChI is InChI=1S/C17H14ClFN2O2.C17H12F4N2O2.C17H16N2O3.C16H12Cl2N2O2.C16H12ClFN2O2.C16H12F2N2O2/c1-10-2-6-13(19)12(15(10)18)5-3-11-4-7-14-20-8-9-21(14)16(11)17(22)23;18-13-5-4-12(17(19,20)21)9-11(13)2-1-10-3-6-14-22-7-8-23(14)15(10)16(24)25;1-22-14-5-3-2-4-12(14)6-7-13-8-9-15-18-10-11-19(15)16(13)17(20)21;3*17-12-2-1-3-13(18)11(12)6-4-10-5-7-14-19-8-9-20(14)15(10)16(21)22/h2,4,6-9H,3,5H2,1H3,(H,22,23);3-9H,1-2H2,(H,24,25);2-5,8-11H,6-7H2,1H3,(H,20,21);3*1-3,5,7-9H,4,6H2,(H,21,22). The van der Waals surface area contributed by atoms with E-state index in [2.05, 4.69) is 29.9 Å². The summed E-state index contributed by atoms with van der Waals surface area (Å²) >= 11 is 24.5. The van der Waals surface area contributed by atoms with Gasteiger partial charge < -0.3 is 35.4 Å². The Bertz CT molecular complexity index is 7120. The lowest BCUT2D eigenvalue weighted by molar-refractivity contribution is -0.137. The predicted molar refractivity (Wildman–Crippen MR) is 492 cm³/mol. The number of ether oxygens (including phenoxy) is 1. The molecule has 6 aromatic carbocycles. The molecule has 0 fully saturated rings. The van der Waals surface area contributed by atoms with Crippen molar-refractivity contribution >= 4 is 116 Å². The van der Waals surface area contributed by atoms with Crippen molar-refractivity contribution in [3.8, 4) is 5.75 Å². The Morgan fingerprint density at radius 3 is 0.912 bits per heavy atom. The van der Waals surface area contributed by atoms with Gasteiger partial charge in [-0.3, -0.25) is 26.4 Å². The van der Waals surface area contributed by atoms with E-state index >= 15 is 0 Å². The van der Waals surface area contributed by atoms with E-state index in [0.717, 1.165) is 40.1 Å². The Balaban J connectivity index is 0.000000138. The van der Waals surface area contributed by atoms with Crippen molar-refractivity contribution in [2.75, 3.05) is 7.11 Å². The predicted octanol–water partition coefficient (Wildman–Crippen LogP) is 21.6. The molecule has 0 radical (unpaired) electrons. The molecule has 37 heteroatoms. The van der Waals surface area contributed by atoms with Crippen LogP contribution in [0.15, 0.2) is 256 Å². The number of methoxy groups -OCH3 is 1. The first-order chi connectivity index (χ1) is 65.2. The van der Waals surface area contributed by atoms with Crippen molar-refractivity contribution in [2.45, 2.75) is 90.1 Å². The minimum absolute atomic E-state index is 0.0374. The molecule has 696 valence electrons. The van der Waals surface area contributed by atoms with Crippen LogP contribution in [-0.2, 0) is 83.2 Å². The number of benzene rings is 6. The second kappa shape index (κ2) is 44.0. The van der Waals surface area contributed by atoms with E-state index in [1.165, 1.54) is 72.6 Å². The summed E-state index contributed by atoms with van der Waals surface area (Å²) in [6.07, 6.45) is 18.3. The van der Waals surface area contributed by atoms with Crippen LogP contribution in [0.1, 0.15) is 141 Å². The molecule has 0 bridgehead atoms. The zero-order chi connectivity index (χ0) is 97.3. The summed E-state index contributed by atoms with van der Waals surface area (Å²) in [5, 5.41) is 58.6. The fourth-order valence-corrected chi connectivity index (χ4v) is 16.6. The molecule has 12 aromatic heterocycles. The van der Waals surface area contributed by atoms with Gasteiger partial charge in [-0.15, -0.1) is 0 Å². The van der Waals surface area contributed by atoms with E-state index in [9.17, 15) is 94.5 Å². The molecule has 0 unspecified atom stereocenters. The summed E-state index contributed by atoms with van der Waals surface area (Å²) in [5.41, 5.74) is 10.1. The first kappa shape index (κ1) is 98.2. The molecule has 18 aromatic rings. The van der Waals surface area contributed by atoms with Gasteiger partial charge in [-0.25, -0.2) is 80.6 Å². The van der Waals surface area contributed by atoms with Gasteiger partial charge in [0.2, 0.25) is 0 Å². The zero-order valence-electron chi connectivity index (χ0n) is 71.7. The summed E-state index contributed by atoms with van der Waals surface area (Å²) in [7, 11) is 1.64. The Morgan fingerprint density at radius 2 is 0.574 bits per heavy atom. The number of alkyl halides is 3. The van der Waals surface area contributed by atoms with E-state index in [4.69, 9.17) is 51.1 Å². The van der Waals surface area contributed by atoms with Crippen LogP contribution in [0.5, 0.6) is 5.75 Å². The first-order valence-corrected chi connectivity index (χ1v) is 43.0. The van der Waals surface area contributed by atoms with Crippen molar-refractivity contribution in [2.24, 2.45) is 0 Å². The molecule has 25 nitrogen and oxygen atoms in total. The van der Waals surface area contributed by atoms with E-state index in [1.54, 1.807) is 163 Å². The molecule has 0 saturated heterocycles. The van der Waals surface area contributed by atoms with Crippen LogP contribution in [0.25, 0.3) is 33.9 Å². The molecular weight excluding hydrogens is 1860 g/mol. The van der Waals surface area contributed by atoms with Gasteiger partial charge in [-0.1, -0.05) is 125 Å². The Kier molecular flexibility index (Phi) is 31.8. The summed E-state index contributed by atoms with van der Waals surface area (Å²) in [5.74, 6) is -8.25. The SMILES string of the molecule is COc1ccccc1CCc1ccc2nccn2c1C(=O)O.Cc1ccc(F)c(CCc2ccc3nccn3c2C(=O)O)c1Cl.O=C(O)c1c(CCc2c(Cl)cccc2Cl)ccc2nccn12.O=C(O)c1c(CCc2c(F)cccc2Cl)ccc2nccn12.O=C(O)c1c(CCc2c(F)cccc2F)ccc2nccn12.O=C(O)c1c(CCc2cc(C(F)(F)F)ccc2F)ccc2nccn12. The Labute approximate surface area is 787 Å². The molecule has 136 heavy (non-hydrogen) atoms. The van der Waals surface area contributed by atoms with Crippen molar-refractivity contribution in [3.63, 3.8) is 0 Å². The largest absolute Gasteiger partial charge is 0.496 e.